The van der Waals surface area contributed by atoms with Gasteiger partial charge in [-0.3, -0.25) is 0 Å². The fraction of sp³-hybridized carbons (Fsp3) is 0.231. The van der Waals surface area contributed by atoms with Crippen molar-refractivity contribution in [3.63, 3.8) is 0 Å². The Bertz CT molecular complexity index is 1600. The summed E-state index contributed by atoms with van der Waals surface area (Å²) in [6, 6.07) is 14.2. The minimum absolute atomic E-state index is 0.338. The van der Waals surface area contributed by atoms with E-state index in [0.717, 1.165) is 70.4 Å². The summed E-state index contributed by atoms with van der Waals surface area (Å²) in [6.07, 6.45) is 4.93. The average molecular weight is 481 g/mol. The van der Waals surface area contributed by atoms with Gasteiger partial charge in [-0.2, -0.15) is 5.10 Å². The third-order valence-electron chi connectivity index (χ3n) is 6.72. The summed E-state index contributed by atoms with van der Waals surface area (Å²) in [5.41, 5.74) is 4.60. The van der Waals surface area contributed by atoms with Crippen LogP contribution in [0.2, 0.25) is 0 Å². The maximum atomic E-state index is 6.12. The number of anilines is 3. The Labute approximate surface area is 206 Å². The number of aromatic nitrogens is 5. The van der Waals surface area contributed by atoms with E-state index in [1.54, 1.807) is 10.8 Å². The molecule has 10 heteroatoms. The smallest absolute Gasteiger partial charge is 0.158 e. The van der Waals surface area contributed by atoms with Gasteiger partial charge in [0, 0.05) is 49.0 Å². The zero-order valence-electron chi connectivity index (χ0n) is 19.7. The molecule has 1 saturated heterocycles. The average Bonchev–Trinajstić information content (AvgIpc) is 3.37. The monoisotopic (exact) mass is 480 g/mol. The van der Waals surface area contributed by atoms with Crippen LogP contribution in [0.3, 0.4) is 0 Å². The van der Waals surface area contributed by atoms with E-state index in [9.17, 15) is 0 Å². The van der Waals surface area contributed by atoms with Crippen LogP contribution in [0.5, 0.6) is 17.2 Å². The largest absolute Gasteiger partial charge is 0.489 e. The number of pyridine rings is 1. The number of nitrogens with zero attached hydrogens (tertiary/aromatic N) is 6. The van der Waals surface area contributed by atoms with Gasteiger partial charge in [-0.1, -0.05) is 0 Å². The van der Waals surface area contributed by atoms with Crippen molar-refractivity contribution < 1.29 is 9.47 Å². The number of benzene rings is 2. The summed E-state index contributed by atoms with van der Waals surface area (Å²) < 4.78 is 13.9. The van der Waals surface area contributed by atoms with E-state index in [2.05, 4.69) is 41.7 Å². The van der Waals surface area contributed by atoms with Crippen LogP contribution in [-0.4, -0.2) is 56.8 Å². The Morgan fingerprint density at radius 2 is 2.06 bits per heavy atom. The molecular formula is C26H24N8O2. The van der Waals surface area contributed by atoms with Gasteiger partial charge in [-0.25, -0.2) is 19.5 Å². The fourth-order valence-corrected chi connectivity index (χ4v) is 4.89. The van der Waals surface area contributed by atoms with Crippen molar-refractivity contribution in [2.75, 3.05) is 36.5 Å². The molecule has 0 bridgehead atoms. The van der Waals surface area contributed by atoms with Gasteiger partial charge in [-0.05, 0) is 42.8 Å². The van der Waals surface area contributed by atoms with Gasteiger partial charge in [0.05, 0.1) is 17.2 Å². The summed E-state index contributed by atoms with van der Waals surface area (Å²) in [4.78, 5) is 15.7. The Balaban J connectivity index is 1.18. The molecule has 0 unspecified atom stereocenters. The van der Waals surface area contributed by atoms with Gasteiger partial charge in [0.2, 0.25) is 0 Å². The minimum atomic E-state index is 0.338. The zero-order chi connectivity index (χ0) is 24.1. The van der Waals surface area contributed by atoms with Crippen molar-refractivity contribution >= 4 is 33.7 Å². The van der Waals surface area contributed by atoms with Crippen LogP contribution < -0.4 is 25.0 Å². The van der Waals surface area contributed by atoms with Crippen molar-refractivity contribution in [2.24, 2.45) is 0 Å². The van der Waals surface area contributed by atoms with Crippen LogP contribution in [0.15, 0.2) is 61.3 Å². The highest BCUT2D eigenvalue weighted by molar-refractivity contribution is 5.95. The molecule has 0 radical (unpaired) electrons. The van der Waals surface area contributed by atoms with Crippen molar-refractivity contribution in [1.82, 2.24) is 29.9 Å². The standard InChI is InChI=1S/C26H24N8O2/c1-16-8-17(2-3-23(16)36-19-4-6-34-25(9-19)29-15-31-34)32-26-20-10-22-24(11-21(20)28-14-30-26)35-13-18-12-27-5-7-33(18)22/h2-4,6,8-11,14-15,18,27H,5,7,12-13H2,1H3,(H,28,30,32)/t18-/m1/s1. The number of hydrogen-bond acceptors (Lipinski definition) is 9. The second-order valence-electron chi connectivity index (χ2n) is 9.05. The molecule has 0 amide bonds. The molecule has 0 aliphatic carbocycles. The lowest BCUT2D eigenvalue weighted by atomic mass is 10.1. The number of fused-ring (bicyclic) bond motifs is 5. The van der Waals surface area contributed by atoms with E-state index in [1.807, 2.05) is 49.5 Å². The first kappa shape index (κ1) is 20.9. The number of rotatable bonds is 4. The van der Waals surface area contributed by atoms with Crippen LogP contribution >= 0.6 is 0 Å². The number of ether oxygens (including phenoxy) is 2. The van der Waals surface area contributed by atoms with Gasteiger partial charge in [0.25, 0.3) is 0 Å². The third-order valence-corrected chi connectivity index (χ3v) is 6.72. The zero-order valence-corrected chi connectivity index (χ0v) is 19.7. The van der Waals surface area contributed by atoms with Crippen LogP contribution in [0.25, 0.3) is 16.6 Å². The summed E-state index contributed by atoms with van der Waals surface area (Å²) in [6.45, 7) is 5.54. The fourth-order valence-electron chi connectivity index (χ4n) is 4.89. The SMILES string of the molecule is Cc1cc(Nc2ncnc3cc4c(cc23)N2CCNC[C@@H]2CO4)ccc1Oc1ccn2ncnc2c1. The Morgan fingerprint density at radius 1 is 1.08 bits per heavy atom. The molecule has 36 heavy (non-hydrogen) atoms. The molecule has 5 heterocycles. The van der Waals surface area contributed by atoms with Crippen molar-refractivity contribution in [2.45, 2.75) is 13.0 Å². The number of nitrogens with one attached hydrogen (secondary N) is 2. The molecule has 5 aromatic rings. The van der Waals surface area contributed by atoms with E-state index in [1.165, 1.54) is 6.33 Å². The minimum Gasteiger partial charge on any atom is -0.489 e. The Kier molecular flexibility index (Phi) is 4.84. The second-order valence-corrected chi connectivity index (χ2v) is 9.05. The lowest BCUT2D eigenvalue weighted by Gasteiger charge is -2.42. The molecule has 1 fully saturated rings. The summed E-state index contributed by atoms with van der Waals surface area (Å²) in [5.74, 6) is 3.12. The third kappa shape index (κ3) is 3.62. The van der Waals surface area contributed by atoms with Gasteiger partial charge in [-0.15, -0.1) is 0 Å². The van der Waals surface area contributed by atoms with Gasteiger partial charge in [0.1, 0.15) is 42.3 Å². The number of piperazine rings is 1. The molecular weight excluding hydrogens is 456 g/mol. The van der Waals surface area contributed by atoms with E-state index < -0.39 is 0 Å². The van der Waals surface area contributed by atoms with E-state index in [4.69, 9.17) is 9.47 Å². The molecule has 180 valence electrons. The molecule has 3 aromatic heterocycles. The van der Waals surface area contributed by atoms with Crippen LogP contribution in [-0.2, 0) is 0 Å². The highest BCUT2D eigenvalue weighted by Crippen LogP contribution is 2.39. The molecule has 2 aliphatic heterocycles. The lowest BCUT2D eigenvalue weighted by molar-refractivity contribution is 0.247. The Hall–Kier alpha value is -4.44. The van der Waals surface area contributed by atoms with Crippen LogP contribution in [0.1, 0.15) is 5.56 Å². The van der Waals surface area contributed by atoms with Gasteiger partial charge < -0.3 is 25.0 Å². The van der Waals surface area contributed by atoms with E-state index in [-0.39, 0.29) is 0 Å². The maximum Gasteiger partial charge on any atom is 0.158 e. The first-order valence-electron chi connectivity index (χ1n) is 12.0. The highest BCUT2D eigenvalue weighted by atomic mass is 16.5. The molecule has 1 atom stereocenters. The summed E-state index contributed by atoms with van der Waals surface area (Å²) >= 11 is 0. The normalized spacial score (nSPS) is 16.9. The van der Waals surface area contributed by atoms with Gasteiger partial charge >= 0.3 is 0 Å². The van der Waals surface area contributed by atoms with Crippen LogP contribution in [0.4, 0.5) is 17.2 Å². The summed E-state index contributed by atoms with van der Waals surface area (Å²) in [5, 5.41) is 12.0. The number of aryl methyl sites for hydroxylation is 1. The topological polar surface area (TPSA) is 102 Å². The first-order valence-corrected chi connectivity index (χ1v) is 12.0. The predicted octanol–water partition coefficient (Wildman–Crippen LogP) is 3.69. The van der Waals surface area contributed by atoms with E-state index >= 15 is 0 Å². The second kappa shape index (κ2) is 8.35. The van der Waals surface area contributed by atoms with E-state index in [0.29, 0.717) is 18.4 Å². The Morgan fingerprint density at radius 3 is 3.00 bits per heavy atom. The van der Waals surface area contributed by atoms with Crippen LogP contribution in [0, 0.1) is 6.92 Å². The molecule has 0 spiro atoms. The highest BCUT2D eigenvalue weighted by Gasteiger charge is 2.30. The quantitative estimate of drug-likeness (QED) is 0.399. The van der Waals surface area contributed by atoms with Gasteiger partial charge in [0.15, 0.2) is 5.65 Å². The van der Waals surface area contributed by atoms with Crippen molar-refractivity contribution in [3.8, 4) is 17.2 Å². The summed E-state index contributed by atoms with van der Waals surface area (Å²) in [7, 11) is 0. The van der Waals surface area contributed by atoms with Crippen molar-refractivity contribution in [3.05, 3.63) is 66.9 Å². The molecule has 0 saturated carbocycles. The van der Waals surface area contributed by atoms with Crippen molar-refractivity contribution in [1.29, 1.82) is 0 Å². The molecule has 2 N–H and O–H groups in total. The molecule has 2 aliphatic rings. The molecule has 7 rings (SSSR count). The first-order chi connectivity index (χ1) is 17.7. The molecule has 2 aromatic carbocycles. The predicted molar refractivity (Wildman–Crippen MR) is 137 cm³/mol. The molecule has 10 nitrogen and oxygen atoms in total. The number of hydrogen-bond donors (Lipinski definition) is 2. The lowest BCUT2D eigenvalue weighted by Crippen LogP contribution is -2.55. The maximum absolute atomic E-state index is 6.12.